The van der Waals surface area contributed by atoms with Crippen molar-refractivity contribution < 1.29 is 9.53 Å². The molecule has 2 fully saturated rings. The average molecular weight is 324 g/mol. The van der Waals surface area contributed by atoms with Gasteiger partial charge in [-0.3, -0.25) is 9.69 Å². The Morgan fingerprint density at radius 3 is 2.77 bits per heavy atom. The van der Waals surface area contributed by atoms with Crippen LogP contribution in [-0.4, -0.2) is 70.7 Å². The lowest BCUT2D eigenvalue weighted by molar-refractivity contribution is 0.0103. The van der Waals surface area contributed by atoms with E-state index < -0.39 is 0 Å². The molecule has 122 valence electrons. The molecule has 2 saturated heterocycles. The van der Waals surface area contributed by atoms with Gasteiger partial charge in [0.1, 0.15) is 4.88 Å². The molecule has 0 aromatic carbocycles. The third-order valence-corrected chi connectivity index (χ3v) is 5.57. The van der Waals surface area contributed by atoms with Crippen LogP contribution < -0.4 is 0 Å². The molecule has 3 rings (SSSR count). The topological polar surface area (TPSA) is 58.6 Å². The van der Waals surface area contributed by atoms with Gasteiger partial charge < -0.3 is 9.64 Å². The molecule has 7 heteroatoms. The molecule has 0 radical (unpaired) electrons. The second-order valence-corrected chi connectivity index (χ2v) is 6.75. The van der Waals surface area contributed by atoms with Crippen molar-refractivity contribution in [2.75, 3.05) is 39.4 Å². The molecule has 0 spiro atoms. The number of carbonyl (C=O) groups excluding carboxylic acids is 1. The molecule has 22 heavy (non-hydrogen) atoms. The van der Waals surface area contributed by atoms with Gasteiger partial charge in [-0.15, -0.1) is 5.10 Å². The number of morpholine rings is 1. The SMILES string of the molecule is CCc1nnsc1C(=O)N1C[C@@H](CC)[C@@H](N2CCOCC2)C1. The summed E-state index contributed by atoms with van der Waals surface area (Å²) < 4.78 is 9.41. The number of hydrogen-bond acceptors (Lipinski definition) is 6. The summed E-state index contributed by atoms with van der Waals surface area (Å²) in [6.45, 7) is 9.47. The zero-order valence-electron chi connectivity index (χ0n) is 13.3. The van der Waals surface area contributed by atoms with E-state index in [1.807, 2.05) is 11.8 Å². The summed E-state index contributed by atoms with van der Waals surface area (Å²) in [6.07, 6.45) is 1.86. The van der Waals surface area contributed by atoms with E-state index in [2.05, 4.69) is 21.4 Å². The minimum atomic E-state index is 0.112. The van der Waals surface area contributed by atoms with Crippen molar-refractivity contribution in [2.24, 2.45) is 5.92 Å². The number of ether oxygens (including phenoxy) is 1. The summed E-state index contributed by atoms with van der Waals surface area (Å²) >= 11 is 1.23. The number of likely N-dealkylation sites (tertiary alicyclic amines) is 1. The summed E-state index contributed by atoms with van der Waals surface area (Å²) in [7, 11) is 0. The first kappa shape index (κ1) is 15.8. The minimum Gasteiger partial charge on any atom is -0.379 e. The van der Waals surface area contributed by atoms with Crippen LogP contribution >= 0.6 is 11.5 Å². The summed E-state index contributed by atoms with van der Waals surface area (Å²) in [5, 5.41) is 4.07. The molecule has 0 N–H and O–H groups in total. The Labute approximate surface area is 135 Å². The first-order chi connectivity index (χ1) is 10.7. The Morgan fingerprint density at radius 1 is 1.32 bits per heavy atom. The number of rotatable bonds is 4. The van der Waals surface area contributed by atoms with Crippen molar-refractivity contribution in [3.05, 3.63) is 10.6 Å². The molecule has 1 aromatic rings. The van der Waals surface area contributed by atoms with E-state index in [4.69, 9.17) is 4.74 Å². The third kappa shape index (κ3) is 3.02. The van der Waals surface area contributed by atoms with Gasteiger partial charge in [0.25, 0.3) is 5.91 Å². The van der Waals surface area contributed by atoms with Crippen LogP contribution in [0.5, 0.6) is 0 Å². The monoisotopic (exact) mass is 324 g/mol. The molecule has 1 amide bonds. The van der Waals surface area contributed by atoms with Crippen molar-refractivity contribution in [1.29, 1.82) is 0 Å². The van der Waals surface area contributed by atoms with Gasteiger partial charge in [0, 0.05) is 32.2 Å². The molecule has 0 saturated carbocycles. The van der Waals surface area contributed by atoms with Crippen LogP contribution in [0.3, 0.4) is 0 Å². The molecule has 0 unspecified atom stereocenters. The van der Waals surface area contributed by atoms with E-state index in [1.165, 1.54) is 11.5 Å². The Kier molecular flexibility index (Phi) is 5.05. The molecular weight excluding hydrogens is 300 g/mol. The quantitative estimate of drug-likeness (QED) is 0.835. The molecule has 3 heterocycles. The lowest BCUT2D eigenvalue weighted by Crippen LogP contribution is -2.47. The van der Waals surface area contributed by atoms with Crippen LogP contribution in [0.4, 0.5) is 0 Å². The fourth-order valence-corrected chi connectivity index (χ4v) is 4.21. The third-order valence-electron chi connectivity index (χ3n) is 4.82. The fraction of sp³-hybridized carbons (Fsp3) is 0.800. The van der Waals surface area contributed by atoms with E-state index in [9.17, 15) is 4.79 Å². The Hall–Kier alpha value is -1.05. The van der Waals surface area contributed by atoms with Crippen molar-refractivity contribution in [1.82, 2.24) is 19.4 Å². The highest BCUT2D eigenvalue weighted by Crippen LogP contribution is 2.28. The van der Waals surface area contributed by atoms with E-state index in [0.717, 1.165) is 62.8 Å². The van der Waals surface area contributed by atoms with Gasteiger partial charge in [0.05, 0.1) is 18.9 Å². The second-order valence-electron chi connectivity index (χ2n) is 6.00. The number of aromatic nitrogens is 2. The maximum atomic E-state index is 12.8. The fourth-order valence-electron chi connectivity index (χ4n) is 3.49. The van der Waals surface area contributed by atoms with Gasteiger partial charge in [-0.2, -0.15) is 0 Å². The van der Waals surface area contributed by atoms with E-state index in [1.54, 1.807) is 0 Å². The van der Waals surface area contributed by atoms with Crippen molar-refractivity contribution in [2.45, 2.75) is 32.7 Å². The van der Waals surface area contributed by atoms with Crippen LogP contribution in [0, 0.1) is 5.92 Å². The predicted molar refractivity (Wildman–Crippen MR) is 85.2 cm³/mol. The number of amides is 1. The highest BCUT2D eigenvalue weighted by atomic mass is 32.1. The number of carbonyl (C=O) groups is 1. The molecule has 2 atom stereocenters. The summed E-state index contributed by atoms with van der Waals surface area (Å²) in [4.78, 5) is 18.0. The Bertz CT molecular complexity index is 515. The summed E-state index contributed by atoms with van der Waals surface area (Å²) in [5.41, 5.74) is 0.831. The zero-order valence-corrected chi connectivity index (χ0v) is 14.1. The van der Waals surface area contributed by atoms with E-state index >= 15 is 0 Å². The number of hydrogen-bond donors (Lipinski definition) is 0. The maximum absolute atomic E-state index is 12.8. The van der Waals surface area contributed by atoms with Crippen LogP contribution in [-0.2, 0) is 11.2 Å². The van der Waals surface area contributed by atoms with Gasteiger partial charge >= 0.3 is 0 Å². The molecule has 2 aliphatic heterocycles. The molecule has 0 bridgehead atoms. The molecule has 6 nitrogen and oxygen atoms in total. The average Bonchev–Trinajstić information content (AvgIpc) is 3.21. The predicted octanol–water partition coefficient (Wildman–Crippen LogP) is 1.28. The molecular formula is C15H24N4O2S. The van der Waals surface area contributed by atoms with E-state index in [0.29, 0.717) is 12.0 Å². The first-order valence-electron chi connectivity index (χ1n) is 8.16. The molecule has 0 aliphatic carbocycles. The normalized spacial score (nSPS) is 26.5. The highest BCUT2D eigenvalue weighted by Gasteiger charge is 2.39. The van der Waals surface area contributed by atoms with Gasteiger partial charge in [0.2, 0.25) is 0 Å². The van der Waals surface area contributed by atoms with Gasteiger partial charge in [-0.1, -0.05) is 24.8 Å². The van der Waals surface area contributed by atoms with Crippen molar-refractivity contribution in [3.63, 3.8) is 0 Å². The summed E-state index contributed by atoms with van der Waals surface area (Å²) in [6, 6.07) is 0.462. The molecule has 1 aromatic heterocycles. The molecule has 2 aliphatic rings. The van der Waals surface area contributed by atoms with Gasteiger partial charge in [0.15, 0.2) is 0 Å². The van der Waals surface area contributed by atoms with Gasteiger partial charge in [-0.25, -0.2) is 0 Å². The minimum absolute atomic E-state index is 0.112. The van der Waals surface area contributed by atoms with Crippen molar-refractivity contribution in [3.8, 4) is 0 Å². The van der Waals surface area contributed by atoms with Gasteiger partial charge in [-0.05, 0) is 23.9 Å². The van der Waals surface area contributed by atoms with Crippen molar-refractivity contribution >= 4 is 17.4 Å². The Balaban J connectivity index is 1.72. The largest absolute Gasteiger partial charge is 0.379 e. The smallest absolute Gasteiger partial charge is 0.267 e. The highest BCUT2D eigenvalue weighted by molar-refractivity contribution is 7.08. The Morgan fingerprint density at radius 2 is 2.09 bits per heavy atom. The lowest BCUT2D eigenvalue weighted by Gasteiger charge is -2.34. The van der Waals surface area contributed by atoms with Crippen LogP contribution in [0.2, 0.25) is 0 Å². The maximum Gasteiger partial charge on any atom is 0.267 e. The van der Waals surface area contributed by atoms with Crippen LogP contribution in [0.1, 0.15) is 35.6 Å². The zero-order chi connectivity index (χ0) is 15.5. The van der Waals surface area contributed by atoms with E-state index in [-0.39, 0.29) is 5.91 Å². The lowest BCUT2D eigenvalue weighted by atomic mass is 9.99. The first-order valence-corrected chi connectivity index (χ1v) is 8.94. The summed E-state index contributed by atoms with van der Waals surface area (Å²) in [5.74, 6) is 0.661. The van der Waals surface area contributed by atoms with Crippen LogP contribution in [0.15, 0.2) is 0 Å². The van der Waals surface area contributed by atoms with Crippen LogP contribution in [0.25, 0.3) is 0 Å². The second kappa shape index (κ2) is 7.02. The standard InChI is InChI=1S/C15H24N4O2S/c1-3-11-9-19(10-13(11)18-5-7-21-8-6-18)15(20)14-12(4-2)16-17-22-14/h11,13H,3-10H2,1-2H3/t11-,13+/m1/s1. The number of nitrogens with zero attached hydrogens (tertiary/aromatic N) is 4. The number of aryl methyl sites for hydroxylation is 1.